The van der Waals surface area contributed by atoms with Gasteiger partial charge in [-0.15, -0.1) is 0 Å². The standard InChI is InChI=1S/C28H25N7O2/c1-16-5-7-18-20(13-21(34-27(18)29)17-6-8-23-24(12-17)37-11-10-36-23)26(16)35-28-19(4-3-9-31-28)22-14-25(30-2)33-15-32-22/h3-9,12-15H,10-11H2,1-2H3,(H2,29,34)(H,31,35)(H,30,32,33). The molecule has 9 nitrogen and oxygen atoms in total. The minimum Gasteiger partial charge on any atom is -0.486 e. The molecule has 0 saturated carbocycles. The number of hydrogen-bond donors (Lipinski definition) is 3. The summed E-state index contributed by atoms with van der Waals surface area (Å²) in [5.41, 5.74) is 11.6. The van der Waals surface area contributed by atoms with E-state index in [0.717, 1.165) is 56.1 Å². The van der Waals surface area contributed by atoms with E-state index < -0.39 is 0 Å². The Hall–Kier alpha value is -4.92. The molecule has 4 heterocycles. The minimum absolute atomic E-state index is 0.446. The monoisotopic (exact) mass is 491 g/mol. The van der Waals surface area contributed by atoms with E-state index in [4.69, 9.17) is 20.2 Å². The topological polar surface area (TPSA) is 120 Å². The molecule has 6 rings (SSSR count). The fourth-order valence-electron chi connectivity index (χ4n) is 4.45. The van der Waals surface area contributed by atoms with Crippen molar-refractivity contribution in [1.82, 2.24) is 19.9 Å². The number of ether oxygens (including phenoxy) is 2. The first kappa shape index (κ1) is 22.5. The summed E-state index contributed by atoms with van der Waals surface area (Å²) in [5, 5.41) is 8.40. The van der Waals surface area contributed by atoms with Crippen LogP contribution in [0.4, 0.5) is 23.1 Å². The van der Waals surface area contributed by atoms with E-state index in [1.165, 1.54) is 6.33 Å². The highest BCUT2D eigenvalue weighted by Gasteiger charge is 2.17. The van der Waals surface area contributed by atoms with Crippen molar-refractivity contribution in [3.63, 3.8) is 0 Å². The lowest BCUT2D eigenvalue weighted by Gasteiger charge is -2.19. The van der Waals surface area contributed by atoms with Gasteiger partial charge in [0.1, 0.15) is 37.0 Å². The number of nitrogens with zero attached hydrogens (tertiary/aromatic N) is 4. The van der Waals surface area contributed by atoms with Gasteiger partial charge in [0.2, 0.25) is 0 Å². The van der Waals surface area contributed by atoms with E-state index in [-0.39, 0.29) is 0 Å². The van der Waals surface area contributed by atoms with E-state index in [1.807, 2.05) is 61.6 Å². The molecular formula is C28H25N7O2. The third-order valence-electron chi connectivity index (χ3n) is 6.34. The number of aromatic nitrogens is 4. The van der Waals surface area contributed by atoms with Gasteiger partial charge in [-0.2, -0.15) is 0 Å². The largest absolute Gasteiger partial charge is 0.486 e. The predicted molar refractivity (Wildman–Crippen MR) is 145 cm³/mol. The van der Waals surface area contributed by atoms with Gasteiger partial charge in [0.05, 0.1) is 17.1 Å². The molecule has 0 radical (unpaired) electrons. The van der Waals surface area contributed by atoms with Crippen molar-refractivity contribution < 1.29 is 9.47 Å². The summed E-state index contributed by atoms with van der Waals surface area (Å²) in [6.45, 7) is 3.11. The molecular weight excluding hydrogens is 466 g/mol. The van der Waals surface area contributed by atoms with E-state index >= 15 is 0 Å². The van der Waals surface area contributed by atoms with E-state index in [0.29, 0.717) is 30.6 Å². The number of rotatable bonds is 5. The van der Waals surface area contributed by atoms with Gasteiger partial charge in [-0.05, 0) is 48.9 Å². The van der Waals surface area contributed by atoms with E-state index in [9.17, 15) is 0 Å². The third-order valence-corrected chi connectivity index (χ3v) is 6.34. The van der Waals surface area contributed by atoms with Gasteiger partial charge in [-0.25, -0.2) is 19.9 Å². The summed E-state index contributed by atoms with van der Waals surface area (Å²) < 4.78 is 11.4. The molecule has 0 amide bonds. The Morgan fingerprint density at radius 3 is 2.59 bits per heavy atom. The molecule has 0 atom stereocenters. The number of anilines is 4. The fraction of sp³-hybridized carbons (Fsp3) is 0.143. The van der Waals surface area contributed by atoms with E-state index in [1.54, 1.807) is 6.20 Å². The molecule has 0 spiro atoms. The number of benzene rings is 2. The lowest BCUT2D eigenvalue weighted by atomic mass is 10.0. The van der Waals surface area contributed by atoms with Crippen LogP contribution in [0, 0.1) is 6.92 Å². The second-order valence-corrected chi connectivity index (χ2v) is 8.67. The average molecular weight is 492 g/mol. The Kier molecular flexibility index (Phi) is 5.65. The molecule has 0 fully saturated rings. The zero-order valence-electron chi connectivity index (χ0n) is 20.4. The maximum atomic E-state index is 6.46. The van der Waals surface area contributed by atoms with Crippen LogP contribution in [-0.2, 0) is 0 Å². The molecule has 2 aromatic carbocycles. The van der Waals surface area contributed by atoms with Crippen molar-refractivity contribution in [2.45, 2.75) is 6.92 Å². The van der Waals surface area contributed by atoms with Crippen molar-refractivity contribution in [3.8, 4) is 34.0 Å². The van der Waals surface area contributed by atoms with Crippen LogP contribution in [0.5, 0.6) is 11.5 Å². The summed E-state index contributed by atoms with van der Waals surface area (Å²) in [4.78, 5) is 18.0. The van der Waals surface area contributed by atoms with Gasteiger partial charge >= 0.3 is 0 Å². The van der Waals surface area contributed by atoms with Crippen LogP contribution in [-0.4, -0.2) is 40.2 Å². The molecule has 0 unspecified atom stereocenters. The van der Waals surface area contributed by atoms with Gasteiger partial charge in [-0.3, -0.25) is 0 Å². The number of fused-ring (bicyclic) bond motifs is 2. The second kappa shape index (κ2) is 9.27. The summed E-state index contributed by atoms with van der Waals surface area (Å²) in [6, 6.07) is 17.6. The van der Waals surface area contributed by atoms with Crippen LogP contribution in [0.2, 0.25) is 0 Å². The Labute approximate surface area is 213 Å². The Balaban J connectivity index is 1.47. The van der Waals surface area contributed by atoms with Crippen LogP contribution < -0.4 is 25.8 Å². The van der Waals surface area contributed by atoms with Crippen molar-refractivity contribution in [2.75, 3.05) is 36.6 Å². The zero-order valence-corrected chi connectivity index (χ0v) is 20.4. The van der Waals surface area contributed by atoms with Gasteiger partial charge in [0.25, 0.3) is 0 Å². The van der Waals surface area contributed by atoms with Gasteiger partial charge in [-0.1, -0.05) is 12.1 Å². The summed E-state index contributed by atoms with van der Waals surface area (Å²) in [6.07, 6.45) is 3.29. The Morgan fingerprint density at radius 1 is 0.865 bits per heavy atom. The first-order chi connectivity index (χ1) is 18.1. The third kappa shape index (κ3) is 4.20. The van der Waals surface area contributed by atoms with Crippen LogP contribution in [0.3, 0.4) is 0 Å². The normalized spacial score (nSPS) is 12.4. The maximum absolute atomic E-state index is 6.46. The van der Waals surface area contributed by atoms with Gasteiger partial charge < -0.3 is 25.8 Å². The number of nitrogens with one attached hydrogen (secondary N) is 2. The second-order valence-electron chi connectivity index (χ2n) is 8.67. The number of nitrogen functional groups attached to an aromatic ring is 1. The van der Waals surface area contributed by atoms with Crippen molar-refractivity contribution in [2.24, 2.45) is 0 Å². The van der Waals surface area contributed by atoms with E-state index in [2.05, 4.69) is 32.5 Å². The molecule has 0 aliphatic carbocycles. The van der Waals surface area contributed by atoms with Crippen LogP contribution in [0.1, 0.15) is 5.56 Å². The first-order valence-corrected chi connectivity index (χ1v) is 11.9. The first-order valence-electron chi connectivity index (χ1n) is 11.9. The lowest BCUT2D eigenvalue weighted by molar-refractivity contribution is 0.171. The van der Waals surface area contributed by atoms with Crippen LogP contribution >= 0.6 is 0 Å². The molecule has 5 aromatic rings. The summed E-state index contributed by atoms with van der Waals surface area (Å²) >= 11 is 0. The summed E-state index contributed by atoms with van der Waals surface area (Å²) in [7, 11) is 1.83. The Bertz CT molecular complexity index is 1640. The van der Waals surface area contributed by atoms with Gasteiger partial charge in [0.15, 0.2) is 11.5 Å². The highest BCUT2D eigenvalue weighted by atomic mass is 16.6. The van der Waals surface area contributed by atoms with Crippen molar-refractivity contribution in [1.29, 1.82) is 0 Å². The molecule has 9 heteroatoms. The molecule has 3 aromatic heterocycles. The van der Waals surface area contributed by atoms with Crippen molar-refractivity contribution >= 4 is 33.9 Å². The lowest BCUT2D eigenvalue weighted by Crippen LogP contribution is -2.15. The summed E-state index contributed by atoms with van der Waals surface area (Å²) in [5.74, 6) is 3.28. The number of aryl methyl sites for hydroxylation is 1. The maximum Gasteiger partial charge on any atom is 0.162 e. The highest BCUT2D eigenvalue weighted by Crippen LogP contribution is 2.39. The quantitative estimate of drug-likeness (QED) is 0.305. The number of pyridine rings is 2. The van der Waals surface area contributed by atoms with Crippen molar-refractivity contribution in [3.05, 3.63) is 72.7 Å². The SMILES string of the molecule is CNc1cc(-c2cccnc2Nc2c(C)ccc3c(N)nc(-c4ccc5c(c4)OCCO5)cc23)ncn1. The smallest absolute Gasteiger partial charge is 0.162 e. The predicted octanol–water partition coefficient (Wildman–Crippen LogP) is 5.20. The van der Waals surface area contributed by atoms with Gasteiger partial charge in [0, 0.05) is 41.2 Å². The molecule has 4 N–H and O–H groups in total. The Morgan fingerprint density at radius 2 is 1.73 bits per heavy atom. The molecule has 1 aliphatic heterocycles. The zero-order chi connectivity index (χ0) is 25.4. The van der Waals surface area contributed by atoms with Crippen LogP contribution in [0.15, 0.2) is 67.1 Å². The highest BCUT2D eigenvalue weighted by molar-refractivity contribution is 6.04. The molecule has 184 valence electrons. The minimum atomic E-state index is 0.446. The molecule has 0 bridgehead atoms. The fourth-order valence-corrected chi connectivity index (χ4v) is 4.45. The van der Waals surface area contributed by atoms with Crippen LogP contribution in [0.25, 0.3) is 33.3 Å². The molecule has 0 saturated heterocycles. The number of nitrogens with two attached hydrogens (primary N) is 1. The molecule has 1 aliphatic rings. The molecule has 37 heavy (non-hydrogen) atoms. The number of hydrogen-bond acceptors (Lipinski definition) is 9. The average Bonchev–Trinajstić information content (AvgIpc) is 2.94.